The predicted molar refractivity (Wildman–Crippen MR) is 71.9 cm³/mol. The normalized spacial score (nSPS) is 13.9. The van der Waals surface area contributed by atoms with E-state index < -0.39 is 0 Å². The number of carbonyl (C=O) groups is 1. The van der Waals surface area contributed by atoms with Gasteiger partial charge in [0.05, 0.1) is 12.0 Å². The van der Waals surface area contributed by atoms with Crippen molar-refractivity contribution in [1.82, 2.24) is 14.9 Å². The van der Waals surface area contributed by atoms with Gasteiger partial charge in [0.25, 0.3) is 0 Å². The van der Waals surface area contributed by atoms with Crippen molar-refractivity contribution < 1.29 is 4.79 Å². The number of carbonyl (C=O) groups excluding carboxylic acids is 1. The van der Waals surface area contributed by atoms with Crippen LogP contribution >= 0.6 is 0 Å². The van der Waals surface area contributed by atoms with Gasteiger partial charge in [-0.3, -0.25) is 4.79 Å². The van der Waals surface area contributed by atoms with Crippen molar-refractivity contribution >= 4 is 5.91 Å². The number of aromatic nitrogens is 2. The molecule has 0 fully saturated rings. The molecule has 3 N–H and O–H groups in total. The summed E-state index contributed by atoms with van der Waals surface area (Å²) in [6.45, 7) is 10.9. The second kappa shape index (κ2) is 5.52. The van der Waals surface area contributed by atoms with Crippen LogP contribution in [0.15, 0.2) is 12.5 Å². The average Bonchev–Trinajstić information content (AvgIpc) is 2.60. The fraction of sp³-hybridized carbons (Fsp3) is 0.692. The van der Waals surface area contributed by atoms with Crippen molar-refractivity contribution in [3.63, 3.8) is 0 Å². The van der Waals surface area contributed by atoms with Gasteiger partial charge in [0.2, 0.25) is 5.91 Å². The van der Waals surface area contributed by atoms with Crippen LogP contribution in [0.1, 0.15) is 46.4 Å². The SMILES string of the molecule is CC(C)C(C(N)=O)n1cncc1CNC(C)(C)C. The van der Waals surface area contributed by atoms with Gasteiger partial charge in [0, 0.05) is 18.3 Å². The highest BCUT2D eigenvalue weighted by Crippen LogP contribution is 2.19. The van der Waals surface area contributed by atoms with Crippen molar-refractivity contribution in [2.24, 2.45) is 11.7 Å². The molecule has 0 bridgehead atoms. The molecule has 18 heavy (non-hydrogen) atoms. The molecular formula is C13H24N4O. The van der Waals surface area contributed by atoms with Gasteiger partial charge in [0.1, 0.15) is 6.04 Å². The van der Waals surface area contributed by atoms with Crippen LogP contribution in [-0.2, 0) is 11.3 Å². The topological polar surface area (TPSA) is 72.9 Å². The lowest BCUT2D eigenvalue weighted by molar-refractivity contribution is -0.122. The molecule has 0 aliphatic rings. The van der Waals surface area contributed by atoms with Crippen LogP contribution in [0.25, 0.3) is 0 Å². The van der Waals surface area contributed by atoms with Gasteiger partial charge in [-0.15, -0.1) is 0 Å². The maximum absolute atomic E-state index is 11.5. The summed E-state index contributed by atoms with van der Waals surface area (Å²) in [5.41, 5.74) is 6.47. The minimum absolute atomic E-state index is 0.0230. The predicted octanol–water partition coefficient (Wildman–Crippen LogP) is 1.45. The first kappa shape index (κ1) is 14.7. The average molecular weight is 252 g/mol. The molecule has 5 heteroatoms. The Morgan fingerprint density at radius 1 is 1.50 bits per heavy atom. The largest absolute Gasteiger partial charge is 0.368 e. The van der Waals surface area contributed by atoms with Crippen molar-refractivity contribution in [2.45, 2.75) is 52.7 Å². The number of hydrogen-bond acceptors (Lipinski definition) is 3. The van der Waals surface area contributed by atoms with Gasteiger partial charge in [-0.2, -0.15) is 0 Å². The Balaban J connectivity index is 2.90. The lowest BCUT2D eigenvalue weighted by atomic mass is 10.0. The second-order valence-corrected chi connectivity index (χ2v) is 5.99. The number of nitrogens with one attached hydrogen (secondary N) is 1. The van der Waals surface area contributed by atoms with Gasteiger partial charge in [-0.05, 0) is 26.7 Å². The highest BCUT2D eigenvalue weighted by atomic mass is 16.1. The summed E-state index contributed by atoms with van der Waals surface area (Å²) in [7, 11) is 0. The molecule has 0 aliphatic carbocycles. The first-order valence-electron chi connectivity index (χ1n) is 6.27. The molecular weight excluding hydrogens is 228 g/mol. The van der Waals surface area contributed by atoms with E-state index in [1.165, 1.54) is 0 Å². The maximum Gasteiger partial charge on any atom is 0.240 e. The molecule has 1 rings (SSSR count). The third-order valence-corrected chi connectivity index (χ3v) is 2.77. The number of nitrogens with two attached hydrogens (primary N) is 1. The van der Waals surface area contributed by atoms with Crippen LogP contribution in [0, 0.1) is 5.92 Å². The van der Waals surface area contributed by atoms with E-state index in [4.69, 9.17) is 5.73 Å². The number of amides is 1. The van der Waals surface area contributed by atoms with E-state index >= 15 is 0 Å². The fourth-order valence-electron chi connectivity index (χ4n) is 1.86. The van der Waals surface area contributed by atoms with Crippen molar-refractivity contribution in [2.75, 3.05) is 0 Å². The van der Waals surface area contributed by atoms with Crippen molar-refractivity contribution in [3.8, 4) is 0 Å². The van der Waals surface area contributed by atoms with Crippen molar-refractivity contribution in [1.29, 1.82) is 0 Å². The minimum atomic E-state index is -0.343. The molecule has 0 saturated heterocycles. The van der Waals surface area contributed by atoms with Gasteiger partial charge >= 0.3 is 0 Å². The molecule has 0 aromatic carbocycles. The summed E-state index contributed by atoms with van der Waals surface area (Å²) in [6.07, 6.45) is 3.45. The van der Waals surface area contributed by atoms with Gasteiger partial charge in [-0.25, -0.2) is 4.98 Å². The van der Waals surface area contributed by atoms with E-state index in [-0.39, 0.29) is 23.4 Å². The third kappa shape index (κ3) is 3.84. The summed E-state index contributed by atoms with van der Waals surface area (Å²) in [6, 6.07) is -0.343. The zero-order valence-corrected chi connectivity index (χ0v) is 11.9. The summed E-state index contributed by atoms with van der Waals surface area (Å²) < 4.78 is 1.87. The Morgan fingerprint density at radius 3 is 2.56 bits per heavy atom. The quantitative estimate of drug-likeness (QED) is 0.833. The van der Waals surface area contributed by atoms with E-state index in [1.807, 2.05) is 18.4 Å². The summed E-state index contributed by atoms with van der Waals surface area (Å²) in [5, 5.41) is 3.38. The molecule has 1 heterocycles. The van der Waals surface area contributed by atoms with Crippen LogP contribution in [0.4, 0.5) is 0 Å². The van der Waals surface area contributed by atoms with Crippen LogP contribution in [0.2, 0.25) is 0 Å². The van der Waals surface area contributed by atoms with Crippen molar-refractivity contribution in [3.05, 3.63) is 18.2 Å². The van der Waals surface area contributed by atoms with E-state index in [0.717, 1.165) is 5.69 Å². The molecule has 102 valence electrons. The first-order valence-corrected chi connectivity index (χ1v) is 6.27. The number of rotatable bonds is 5. The summed E-state index contributed by atoms with van der Waals surface area (Å²) >= 11 is 0. The zero-order valence-electron chi connectivity index (χ0n) is 11.9. The Bertz CT molecular complexity index is 403. The molecule has 0 saturated carbocycles. The van der Waals surface area contributed by atoms with Crippen LogP contribution in [0.5, 0.6) is 0 Å². The molecule has 5 nitrogen and oxygen atoms in total. The molecule has 1 unspecified atom stereocenters. The Morgan fingerprint density at radius 2 is 2.11 bits per heavy atom. The fourth-order valence-corrected chi connectivity index (χ4v) is 1.86. The Kier molecular flexibility index (Phi) is 4.51. The number of nitrogens with zero attached hydrogens (tertiary/aromatic N) is 2. The molecule has 0 spiro atoms. The van der Waals surface area contributed by atoms with Crippen LogP contribution < -0.4 is 11.1 Å². The molecule has 1 amide bonds. The van der Waals surface area contributed by atoms with E-state index in [9.17, 15) is 4.79 Å². The van der Waals surface area contributed by atoms with Crippen LogP contribution in [-0.4, -0.2) is 21.0 Å². The number of hydrogen-bond donors (Lipinski definition) is 2. The van der Waals surface area contributed by atoms with Crippen LogP contribution in [0.3, 0.4) is 0 Å². The lowest BCUT2D eigenvalue weighted by Crippen LogP contribution is -2.37. The molecule has 1 aromatic rings. The Hall–Kier alpha value is -1.36. The number of imidazole rings is 1. The molecule has 1 atom stereocenters. The Labute approximate surface area is 109 Å². The highest BCUT2D eigenvalue weighted by Gasteiger charge is 2.23. The van der Waals surface area contributed by atoms with E-state index in [2.05, 4.69) is 31.1 Å². The van der Waals surface area contributed by atoms with E-state index in [0.29, 0.717) is 6.54 Å². The third-order valence-electron chi connectivity index (χ3n) is 2.77. The second-order valence-electron chi connectivity index (χ2n) is 5.99. The minimum Gasteiger partial charge on any atom is -0.368 e. The molecule has 0 aliphatic heterocycles. The standard InChI is InChI=1S/C13H24N4O/c1-9(2)11(12(14)18)17-8-15-6-10(17)7-16-13(3,4)5/h6,8-9,11,16H,7H2,1-5H3,(H2,14,18). The summed E-state index contributed by atoms with van der Waals surface area (Å²) in [5.74, 6) is -0.176. The van der Waals surface area contributed by atoms with Gasteiger partial charge < -0.3 is 15.6 Å². The molecule has 0 radical (unpaired) electrons. The van der Waals surface area contributed by atoms with Gasteiger partial charge in [-0.1, -0.05) is 13.8 Å². The first-order chi connectivity index (χ1) is 8.22. The summed E-state index contributed by atoms with van der Waals surface area (Å²) in [4.78, 5) is 15.7. The van der Waals surface area contributed by atoms with E-state index in [1.54, 1.807) is 12.5 Å². The monoisotopic (exact) mass is 252 g/mol. The highest BCUT2D eigenvalue weighted by molar-refractivity contribution is 5.78. The number of primary amides is 1. The van der Waals surface area contributed by atoms with Gasteiger partial charge in [0.15, 0.2) is 0 Å². The lowest BCUT2D eigenvalue weighted by Gasteiger charge is -2.24. The maximum atomic E-state index is 11.5. The zero-order chi connectivity index (χ0) is 13.9. The molecule has 1 aromatic heterocycles. The smallest absolute Gasteiger partial charge is 0.240 e.